The number of anilines is 2. The lowest BCUT2D eigenvalue weighted by atomic mass is 9.90. The van der Waals surface area contributed by atoms with Crippen LogP contribution >= 0.6 is 0 Å². The van der Waals surface area contributed by atoms with Gasteiger partial charge in [-0.1, -0.05) is 30.3 Å². The molecule has 1 aromatic carbocycles. The summed E-state index contributed by atoms with van der Waals surface area (Å²) in [5.41, 5.74) is 1.46. The van der Waals surface area contributed by atoms with Crippen molar-refractivity contribution >= 4 is 11.6 Å². The highest BCUT2D eigenvalue weighted by atomic mass is 15.2. The Balaban J connectivity index is 1.34. The minimum Gasteiger partial charge on any atom is -0.367 e. The van der Waals surface area contributed by atoms with Crippen LogP contribution in [-0.4, -0.2) is 29.1 Å². The summed E-state index contributed by atoms with van der Waals surface area (Å²) >= 11 is 0. The first-order chi connectivity index (χ1) is 11.4. The Labute approximate surface area is 138 Å². The molecule has 4 rings (SSSR count). The van der Waals surface area contributed by atoms with Crippen LogP contribution in [0.3, 0.4) is 0 Å². The van der Waals surface area contributed by atoms with Gasteiger partial charge in [0.1, 0.15) is 18.0 Å². The van der Waals surface area contributed by atoms with Gasteiger partial charge in [-0.15, -0.1) is 0 Å². The van der Waals surface area contributed by atoms with Crippen molar-refractivity contribution in [3.8, 4) is 0 Å². The summed E-state index contributed by atoms with van der Waals surface area (Å²) in [6, 6.07) is 13.6. The van der Waals surface area contributed by atoms with Gasteiger partial charge in [0.05, 0.1) is 0 Å². The Morgan fingerprint density at radius 2 is 1.78 bits per heavy atom. The molecule has 2 fully saturated rings. The molecule has 0 radical (unpaired) electrons. The van der Waals surface area contributed by atoms with Gasteiger partial charge in [0.25, 0.3) is 0 Å². The molecule has 4 heteroatoms. The van der Waals surface area contributed by atoms with Gasteiger partial charge in [0.2, 0.25) is 0 Å². The number of benzene rings is 1. The van der Waals surface area contributed by atoms with Crippen LogP contribution in [0, 0.1) is 5.92 Å². The van der Waals surface area contributed by atoms with Crippen LogP contribution in [0.15, 0.2) is 42.7 Å². The maximum Gasteiger partial charge on any atom is 0.134 e. The van der Waals surface area contributed by atoms with E-state index in [-0.39, 0.29) is 0 Å². The fourth-order valence-electron chi connectivity index (χ4n) is 3.35. The van der Waals surface area contributed by atoms with Gasteiger partial charge >= 0.3 is 0 Å². The van der Waals surface area contributed by atoms with Crippen LogP contribution in [-0.2, 0) is 6.42 Å². The van der Waals surface area contributed by atoms with E-state index in [0.717, 1.165) is 30.6 Å². The van der Waals surface area contributed by atoms with E-state index in [0.29, 0.717) is 6.04 Å². The number of aromatic nitrogens is 2. The zero-order valence-corrected chi connectivity index (χ0v) is 13.5. The number of hydrogen-bond donors (Lipinski definition) is 1. The van der Waals surface area contributed by atoms with Crippen molar-refractivity contribution in [2.45, 2.75) is 38.1 Å². The molecule has 1 N–H and O–H groups in total. The lowest BCUT2D eigenvalue weighted by Crippen LogP contribution is -2.35. The minimum atomic E-state index is 0.634. The van der Waals surface area contributed by atoms with Gasteiger partial charge in [0, 0.05) is 25.2 Å². The second-order valence-electron chi connectivity index (χ2n) is 6.80. The van der Waals surface area contributed by atoms with Crippen LogP contribution in [0.25, 0.3) is 0 Å². The first-order valence-electron chi connectivity index (χ1n) is 8.74. The molecule has 0 bridgehead atoms. The number of nitrogens with zero attached hydrogens (tertiary/aromatic N) is 3. The summed E-state index contributed by atoms with van der Waals surface area (Å²) in [6.45, 7) is 2.19. The predicted molar refractivity (Wildman–Crippen MR) is 93.8 cm³/mol. The van der Waals surface area contributed by atoms with Crippen molar-refractivity contribution in [3.63, 3.8) is 0 Å². The van der Waals surface area contributed by atoms with E-state index in [9.17, 15) is 0 Å². The van der Waals surface area contributed by atoms with Crippen LogP contribution in [0.4, 0.5) is 11.6 Å². The average Bonchev–Trinajstić information content (AvgIpc) is 3.41. The van der Waals surface area contributed by atoms with Crippen LogP contribution < -0.4 is 10.2 Å². The quantitative estimate of drug-likeness (QED) is 0.917. The molecular weight excluding hydrogens is 284 g/mol. The molecule has 2 aromatic rings. The van der Waals surface area contributed by atoms with Crippen LogP contribution in [0.1, 0.15) is 31.2 Å². The molecule has 1 aliphatic carbocycles. The summed E-state index contributed by atoms with van der Waals surface area (Å²) in [4.78, 5) is 11.2. The van der Waals surface area contributed by atoms with Crippen LogP contribution in [0.2, 0.25) is 0 Å². The van der Waals surface area contributed by atoms with Crippen molar-refractivity contribution < 1.29 is 0 Å². The summed E-state index contributed by atoms with van der Waals surface area (Å²) in [5.74, 6) is 2.84. The van der Waals surface area contributed by atoms with Gasteiger partial charge in [0.15, 0.2) is 0 Å². The zero-order valence-electron chi connectivity index (χ0n) is 13.5. The largest absolute Gasteiger partial charge is 0.367 e. The van der Waals surface area contributed by atoms with Crippen molar-refractivity contribution in [2.24, 2.45) is 5.92 Å². The van der Waals surface area contributed by atoms with Gasteiger partial charge in [-0.25, -0.2) is 9.97 Å². The summed E-state index contributed by atoms with van der Waals surface area (Å²) < 4.78 is 0. The maximum absolute atomic E-state index is 4.47. The standard InChI is InChI=1S/C19H24N4/c1-2-4-15(5-3-1)12-16-8-10-23(11-9-16)19-13-18(20-14-21-19)22-17-6-7-17/h1-5,13-14,16-17H,6-12H2,(H,20,21,22). The van der Waals surface area contributed by atoms with Crippen LogP contribution in [0.5, 0.6) is 0 Å². The van der Waals surface area contributed by atoms with E-state index in [2.05, 4.69) is 56.6 Å². The SMILES string of the molecule is c1ccc(CC2CCN(c3cc(NC4CC4)ncn3)CC2)cc1. The molecule has 0 spiro atoms. The lowest BCUT2D eigenvalue weighted by molar-refractivity contribution is 0.402. The molecule has 0 unspecified atom stereocenters. The van der Waals surface area contributed by atoms with Gasteiger partial charge in [-0.05, 0) is 43.6 Å². The Morgan fingerprint density at radius 3 is 2.52 bits per heavy atom. The van der Waals surface area contributed by atoms with Gasteiger partial charge < -0.3 is 10.2 Å². The Bertz CT molecular complexity index is 631. The van der Waals surface area contributed by atoms with E-state index in [1.54, 1.807) is 6.33 Å². The third-order valence-electron chi connectivity index (χ3n) is 4.89. The van der Waals surface area contributed by atoms with Crippen molar-refractivity contribution in [1.29, 1.82) is 0 Å². The average molecular weight is 308 g/mol. The van der Waals surface area contributed by atoms with E-state index in [4.69, 9.17) is 0 Å². The number of nitrogens with one attached hydrogen (secondary N) is 1. The van der Waals surface area contributed by atoms with E-state index < -0.39 is 0 Å². The number of piperidine rings is 1. The topological polar surface area (TPSA) is 41.0 Å². The fraction of sp³-hybridized carbons (Fsp3) is 0.474. The number of rotatable bonds is 5. The lowest BCUT2D eigenvalue weighted by Gasteiger charge is -2.33. The van der Waals surface area contributed by atoms with E-state index in [1.807, 2.05) is 0 Å². The van der Waals surface area contributed by atoms with Crippen molar-refractivity contribution in [3.05, 3.63) is 48.3 Å². The molecule has 4 nitrogen and oxygen atoms in total. The second kappa shape index (κ2) is 6.57. The molecule has 2 heterocycles. The molecule has 0 amide bonds. The predicted octanol–water partition coefficient (Wildman–Crippen LogP) is 3.51. The molecule has 1 saturated heterocycles. The molecule has 0 atom stereocenters. The normalized spacial score (nSPS) is 18.9. The highest BCUT2D eigenvalue weighted by molar-refractivity contribution is 5.49. The molecular formula is C19H24N4. The Hall–Kier alpha value is -2.10. The molecule has 1 saturated carbocycles. The molecule has 1 aromatic heterocycles. The Kier molecular flexibility index (Phi) is 4.14. The first kappa shape index (κ1) is 14.5. The first-order valence-corrected chi connectivity index (χ1v) is 8.74. The van der Waals surface area contributed by atoms with E-state index >= 15 is 0 Å². The summed E-state index contributed by atoms with van der Waals surface area (Å²) in [6.07, 6.45) is 7.91. The second-order valence-corrected chi connectivity index (χ2v) is 6.80. The zero-order chi connectivity index (χ0) is 15.5. The van der Waals surface area contributed by atoms with Crippen molar-refractivity contribution in [1.82, 2.24) is 9.97 Å². The summed E-state index contributed by atoms with van der Waals surface area (Å²) in [7, 11) is 0. The third-order valence-corrected chi connectivity index (χ3v) is 4.89. The molecule has 23 heavy (non-hydrogen) atoms. The van der Waals surface area contributed by atoms with Gasteiger partial charge in [-0.3, -0.25) is 0 Å². The maximum atomic E-state index is 4.47. The minimum absolute atomic E-state index is 0.634. The fourth-order valence-corrected chi connectivity index (χ4v) is 3.35. The molecule has 1 aliphatic heterocycles. The summed E-state index contributed by atoms with van der Waals surface area (Å²) in [5, 5.41) is 3.46. The van der Waals surface area contributed by atoms with Crippen molar-refractivity contribution in [2.75, 3.05) is 23.3 Å². The molecule has 2 aliphatic rings. The van der Waals surface area contributed by atoms with E-state index in [1.165, 1.54) is 37.7 Å². The Morgan fingerprint density at radius 1 is 1.00 bits per heavy atom. The smallest absolute Gasteiger partial charge is 0.134 e. The number of hydrogen-bond acceptors (Lipinski definition) is 4. The highest BCUT2D eigenvalue weighted by Crippen LogP contribution is 2.27. The molecule has 120 valence electrons. The van der Waals surface area contributed by atoms with Gasteiger partial charge in [-0.2, -0.15) is 0 Å². The third kappa shape index (κ3) is 3.81. The monoisotopic (exact) mass is 308 g/mol. The highest BCUT2D eigenvalue weighted by Gasteiger charge is 2.23.